The van der Waals surface area contributed by atoms with Crippen molar-refractivity contribution in [3.05, 3.63) is 78.1 Å². The average molecular weight is 570 g/mol. The van der Waals surface area contributed by atoms with Gasteiger partial charge in [0.15, 0.2) is 0 Å². The topological polar surface area (TPSA) is 133 Å². The molecule has 218 valence electrons. The minimum Gasteiger partial charge on any atom is -0.457 e. The minimum atomic E-state index is -0.567. The Kier molecular flexibility index (Phi) is 9.17. The third-order valence-corrected chi connectivity index (χ3v) is 6.19. The summed E-state index contributed by atoms with van der Waals surface area (Å²) in [5, 5.41) is 23.1. The Morgan fingerprint density at radius 3 is 2.43 bits per heavy atom. The van der Waals surface area contributed by atoms with Gasteiger partial charge in [-0.3, -0.25) is 0 Å². The van der Waals surface area contributed by atoms with Gasteiger partial charge in [-0.05, 0) is 70.5 Å². The second-order valence-corrected chi connectivity index (χ2v) is 10.7. The fourth-order valence-corrected chi connectivity index (χ4v) is 4.12. The van der Waals surface area contributed by atoms with Gasteiger partial charge in [-0.2, -0.15) is 10.4 Å². The Labute approximate surface area is 245 Å². The second kappa shape index (κ2) is 13.0. The van der Waals surface area contributed by atoms with E-state index in [1.54, 1.807) is 17.8 Å². The van der Waals surface area contributed by atoms with E-state index in [0.29, 0.717) is 47.7 Å². The number of fused-ring (bicyclic) bond motifs is 1. The second-order valence-electron chi connectivity index (χ2n) is 10.7. The number of rotatable bonds is 9. The van der Waals surface area contributed by atoms with Crippen molar-refractivity contribution in [2.45, 2.75) is 39.7 Å². The number of aromatic nitrogens is 2. The van der Waals surface area contributed by atoms with Crippen molar-refractivity contribution in [1.82, 2.24) is 19.8 Å². The predicted octanol–water partition coefficient (Wildman–Crippen LogP) is 6.43. The summed E-state index contributed by atoms with van der Waals surface area (Å²) in [5.41, 5.74) is 3.07. The van der Waals surface area contributed by atoms with E-state index < -0.39 is 17.7 Å². The molecule has 3 N–H and O–H groups in total. The molecule has 0 atom stereocenters. The number of nitrogens with one attached hydrogen (secondary N) is 3. The lowest BCUT2D eigenvalue weighted by molar-refractivity contribution is 0.0297. The van der Waals surface area contributed by atoms with Crippen molar-refractivity contribution in [3.63, 3.8) is 0 Å². The van der Waals surface area contributed by atoms with Gasteiger partial charge in [-0.25, -0.2) is 14.1 Å². The van der Waals surface area contributed by atoms with Gasteiger partial charge in [0.1, 0.15) is 23.2 Å². The molecule has 0 spiro atoms. The third-order valence-electron chi connectivity index (χ3n) is 6.19. The first-order chi connectivity index (χ1) is 20.0. The van der Waals surface area contributed by atoms with Gasteiger partial charge in [0, 0.05) is 31.4 Å². The first-order valence-corrected chi connectivity index (χ1v) is 13.5. The number of para-hydroxylation sites is 1. The summed E-state index contributed by atoms with van der Waals surface area (Å²) in [5.74, 6) is 1.42. The number of hydrogen-bond donors (Lipinski definition) is 3. The van der Waals surface area contributed by atoms with Crippen LogP contribution in [0.1, 0.15) is 38.3 Å². The number of ether oxygens (including phenoxy) is 2. The number of nitrogens with zero attached hydrogens (tertiary/aromatic N) is 4. The summed E-state index contributed by atoms with van der Waals surface area (Å²) in [4.78, 5) is 26.2. The molecular formula is C31H35N7O4. The molecule has 0 aliphatic rings. The number of carbonyl (C=O) groups excluding carboxylic acids is 2. The number of benzene rings is 2. The highest BCUT2D eigenvalue weighted by Crippen LogP contribution is 2.33. The number of carbonyl (C=O) groups is 2. The highest BCUT2D eigenvalue weighted by molar-refractivity contribution is 5.94. The standard InChI is InChI=1S/C31H35N7O4/c1-21-26(36-29(39)33-16-9-17-37(5)30(40)42-31(2,3)4)20-38-28(21)27(22(18-32)19-34-38)35-23-12-14-25(15-13-23)41-24-10-7-6-8-11-24/h6-8,10-15,19-20,35H,9,16-17H2,1-5H3,(H2,33,36,39). The molecule has 2 aromatic heterocycles. The van der Waals surface area contributed by atoms with Gasteiger partial charge in [-0.1, -0.05) is 18.2 Å². The van der Waals surface area contributed by atoms with Gasteiger partial charge in [0.2, 0.25) is 0 Å². The molecule has 0 aliphatic heterocycles. The van der Waals surface area contributed by atoms with E-state index in [-0.39, 0.29) is 0 Å². The van der Waals surface area contributed by atoms with E-state index in [1.807, 2.05) is 82.3 Å². The lowest BCUT2D eigenvalue weighted by Crippen LogP contribution is -2.36. The van der Waals surface area contributed by atoms with Crippen LogP contribution in [-0.4, -0.2) is 52.4 Å². The molecule has 11 heteroatoms. The third kappa shape index (κ3) is 7.69. The molecule has 11 nitrogen and oxygen atoms in total. The van der Waals surface area contributed by atoms with Crippen LogP contribution in [0.5, 0.6) is 11.5 Å². The van der Waals surface area contributed by atoms with Crippen LogP contribution in [0.2, 0.25) is 0 Å². The maximum absolute atomic E-state index is 12.6. The molecule has 0 bridgehead atoms. The average Bonchev–Trinajstić information content (AvgIpc) is 3.26. The molecule has 0 saturated heterocycles. The van der Waals surface area contributed by atoms with Crippen molar-refractivity contribution >= 4 is 34.7 Å². The number of anilines is 3. The largest absolute Gasteiger partial charge is 0.457 e. The van der Waals surface area contributed by atoms with Crippen LogP contribution in [0.25, 0.3) is 5.52 Å². The summed E-state index contributed by atoms with van der Waals surface area (Å²) in [6.07, 6.45) is 3.32. The Hall–Kier alpha value is -5.24. The van der Waals surface area contributed by atoms with Gasteiger partial charge in [0.25, 0.3) is 0 Å². The number of nitriles is 1. The molecule has 42 heavy (non-hydrogen) atoms. The summed E-state index contributed by atoms with van der Waals surface area (Å²) in [6, 6.07) is 18.7. The van der Waals surface area contributed by atoms with Gasteiger partial charge in [-0.15, -0.1) is 0 Å². The monoisotopic (exact) mass is 569 g/mol. The van der Waals surface area contributed by atoms with Gasteiger partial charge < -0.3 is 30.3 Å². The summed E-state index contributed by atoms with van der Waals surface area (Å²) < 4.78 is 12.8. The van der Waals surface area contributed by atoms with Crippen LogP contribution in [0.4, 0.5) is 26.7 Å². The molecule has 0 radical (unpaired) electrons. The Bertz CT molecular complexity index is 1590. The van der Waals surface area contributed by atoms with E-state index in [9.17, 15) is 14.9 Å². The Morgan fingerprint density at radius 2 is 1.76 bits per heavy atom. The zero-order valence-electron chi connectivity index (χ0n) is 24.4. The van der Waals surface area contributed by atoms with Crippen LogP contribution >= 0.6 is 0 Å². The maximum Gasteiger partial charge on any atom is 0.410 e. The summed E-state index contributed by atoms with van der Waals surface area (Å²) in [6.45, 7) is 8.08. The fourth-order valence-electron chi connectivity index (χ4n) is 4.12. The van der Waals surface area contributed by atoms with Crippen LogP contribution < -0.4 is 20.7 Å². The molecule has 2 heterocycles. The van der Waals surface area contributed by atoms with Crippen LogP contribution in [0.3, 0.4) is 0 Å². The number of urea groups is 1. The number of aryl methyl sites for hydroxylation is 1. The van der Waals surface area contributed by atoms with E-state index in [0.717, 1.165) is 17.0 Å². The van der Waals surface area contributed by atoms with Crippen LogP contribution in [-0.2, 0) is 4.74 Å². The molecule has 0 aliphatic carbocycles. The molecule has 0 saturated carbocycles. The maximum atomic E-state index is 12.6. The molecule has 3 amide bonds. The van der Waals surface area contributed by atoms with Crippen molar-refractivity contribution in [1.29, 1.82) is 5.26 Å². The summed E-state index contributed by atoms with van der Waals surface area (Å²) in [7, 11) is 1.66. The highest BCUT2D eigenvalue weighted by Gasteiger charge is 2.20. The molecule has 0 unspecified atom stereocenters. The fraction of sp³-hybridized carbons (Fsp3) is 0.290. The van der Waals surface area contributed by atoms with E-state index in [4.69, 9.17) is 9.47 Å². The normalized spacial score (nSPS) is 11.0. The Balaban J connectivity index is 1.40. The predicted molar refractivity (Wildman–Crippen MR) is 161 cm³/mol. The minimum absolute atomic E-state index is 0.360. The zero-order chi connectivity index (χ0) is 30.3. The lowest BCUT2D eigenvalue weighted by Gasteiger charge is -2.24. The lowest BCUT2D eigenvalue weighted by atomic mass is 10.1. The van der Waals surface area contributed by atoms with Crippen LogP contribution in [0.15, 0.2) is 67.0 Å². The van der Waals surface area contributed by atoms with Crippen LogP contribution in [0, 0.1) is 18.3 Å². The molecule has 0 fully saturated rings. The first kappa shape index (κ1) is 29.7. The van der Waals surface area contributed by atoms with Crippen molar-refractivity contribution in [2.24, 2.45) is 0 Å². The molecule has 4 aromatic rings. The van der Waals surface area contributed by atoms with E-state index in [2.05, 4.69) is 27.1 Å². The zero-order valence-corrected chi connectivity index (χ0v) is 24.4. The summed E-state index contributed by atoms with van der Waals surface area (Å²) >= 11 is 0. The number of amides is 3. The Morgan fingerprint density at radius 1 is 1.07 bits per heavy atom. The highest BCUT2D eigenvalue weighted by atomic mass is 16.6. The quantitative estimate of drug-likeness (QED) is 0.198. The molecular weight excluding hydrogens is 534 g/mol. The number of hydrogen-bond acceptors (Lipinski definition) is 7. The van der Waals surface area contributed by atoms with Gasteiger partial charge >= 0.3 is 12.1 Å². The van der Waals surface area contributed by atoms with Gasteiger partial charge in [0.05, 0.1) is 34.8 Å². The van der Waals surface area contributed by atoms with Crippen molar-refractivity contribution < 1.29 is 19.1 Å². The molecule has 4 rings (SSSR count). The first-order valence-electron chi connectivity index (χ1n) is 13.5. The van der Waals surface area contributed by atoms with Crippen molar-refractivity contribution in [3.8, 4) is 17.6 Å². The van der Waals surface area contributed by atoms with E-state index in [1.165, 1.54) is 11.1 Å². The smallest absolute Gasteiger partial charge is 0.410 e. The SMILES string of the molecule is Cc1c(NC(=O)NCCCN(C)C(=O)OC(C)(C)C)cn2ncc(C#N)c(Nc3ccc(Oc4ccccc4)cc3)c12. The molecule has 2 aromatic carbocycles. The van der Waals surface area contributed by atoms with Crippen molar-refractivity contribution in [2.75, 3.05) is 30.8 Å². The van der Waals surface area contributed by atoms with E-state index >= 15 is 0 Å².